The van der Waals surface area contributed by atoms with E-state index in [9.17, 15) is 13.2 Å². The van der Waals surface area contributed by atoms with Crippen molar-refractivity contribution < 1.29 is 17.9 Å². The predicted molar refractivity (Wildman–Crippen MR) is 79.9 cm³/mol. The summed E-state index contributed by atoms with van der Waals surface area (Å²) in [6, 6.07) is 16.1. The topological polar surface area (TPSA) is 9.23 Å². The molecule has 1 nitrogen and oxygen atoms in total. The minimum Gasteiger partial charge on any atom is -0.489 e. The first-order chi connectivity index (χ1) is 9.94. The zero-order valence-corrected chi connectivity index (χ0v) is 11.9. The minimum atomic E-state index is -4.32. The molecule has 0 spiro atoms. The fourth-order valence-corrected chi connectivity index (χ4v) is 2.21. The van der Waals surface area contributed by atoms with E-state index in [1.165, 1.54) is 0 Å². The summed E-state index contributed by atoms with van der Waals surface area (Å²) in [7, 11) is 0. The predicted octanol–water partition coefficient (Wildman–Crippen LogP) is 5.49. The van der Waals surface area contributed by atoms with Gasteiger partial charge in [0.15, 0.2) is 0 Å². The van der Waals surface area contributed by atoms with E-state index in [0.29, 0.717) is 17.9 Å². The van der Waals surface area contributed by atoms with Gasteiger partial charge in [0, 0.05) is 4.91 Å². The van der Waals surface area contributed by atoms with Crippen LogP contribution in [0.5, 0.6) is 5.75 Å². The summed E-state index contributed by atoms with van der Waals surface area (Å²) in [4.78, 5) is -0.0305. The van der Waals surface area contributed by atoms with Crippen molar-refractivity contribution in [1.29, 1.82) is 0 Å². The van der Waals surface area contributed by atoms with Crippen molar-refractivity contribution >= 4 is 16.7 Å². The lowest BCUT2D eigenvalue weighted by Gasteiger charge is -2.10. The molecular formula is C16H13F3OS. The van der Waals surface area contributed by atoms with E-state index in [0.717, 1.165) is 5.56 Å². The molecule has 5 heteroatoms. The third kappa shape index (κ3) is 5.19. The molecule has 2 rings (SSSR count). The van der Waals surface area contributed by atoms with Gasteiger partial charge in [0.2, 0.25) is 0 Å². The Bertz CT molecular complexity index is 591. The summed E-state index contributed by atoms with van der Waals surface area (Å²) in [6.07, 6.45) is 0. The molecule has 0 saturated carbocycles. The van der Waals surface area contributed by atoms with Crippen LogP contribution in [0.3, 0.4) is 0 Å². The molecule has 2 aromatic carbocycles. The molecule has 0 amide bonds. The van der Waals surface area contributed by atoms with Gasteiger partial charge in [0.05, 0.1) is 0 Å². The van der Waals surface area contributed by atoms with Crippen LogP contribution in [0.25, 0.3) is 4.91 Å². The summed E-state index contributed by atoms with van der Waals surface area (Å²) in [5, 5.41) is 0. The van der Waals surface area contributed by atoms with E-state index < -0.39 is 5.51 Å². The van der Waals surface area contributed by atoms with E-state index in [1.54, 1.807) is 24.3 Å². The van der Waals surface area contributed by atoms with E-state index in [-0.39, 0.29) is 16.7 Å². The molecular weight excluding hydrogens is 297 g/mol. The highest BCUT2D eigenvalue weighted by molar-refractivity contribution is 8.09. The van der Waals surface area contributed by atoms with Gasteiger partial charge in [0.1, 0.15) is 12.4 Å². The number of halogens is 3. The molecule has 0 saturated heterocycles. The summed E-state index contributed by atoms with van der Waals surface area (Å²) in [6.45, 7) is 3.85. The van der Waals surface area contributed by atoms with E-state index in [2.05, 4.69) is 6.58 Å². The standard InChI is InChI=1S/C16H13F3OS/c1-12(21-16(17,18)19)14-7-9-15(10-8-14)20-11-13-5-3-2-4-6-13/h2-10H,1,11H2. The van der Waals surface area contributed by atoms with Crippen LogP contribution in [0.1, 0.15) is 11.1 Å². The quantitative estimate of drug-likeness (QED) is 0.722. The van der Waals surface area contributed by atoms with Crippen molar-refractivity contribution in [2.24, 2.45) is 0 Å². The summed E-state index contributed by atoms with van der Waals surface area (Å²) in [5.41, 5.74) is -2.86. The number of rotatable bonds is 5. The smallest absolute Gasteiger partial charge is 0.446 e. The number of ether oxygens (including phenoxy) is 1. The monoisotopic (exact) mass is 310 g/mol. The molecule has 2 aromatic rings. The van der Waals surface area contributed by atoms with Gasteiger partial charge in [-0.2, -0.15) is 13.2 Å². The first-order valence-corrected chi connectivity index (χ1v) is 6.97. The second-order valence-corrected chi connectivity index (χ2v) is 5.43. The van der Waals surface area contributed by atoms with Crippen LogP contribution in [0.15, 0.2) is 61.2 Å². The normalized spacial score (nSPS) is 11.2. The fourth-order valence-electron chi connectivity index (χ4n) is 1.68. The number of alkyl halides is 3. The van der Waals surface area contributed by atoms with Crippen molar-refractivity contribution in [3.63, 3.8) is 0 Å². The number of benzene rings is 2. The Balaban J connectivity index is 1.94. The summed E-state index contributed by atoms with van der Waals surface area (Å²) in [5.74, 6) is 0.604. The van der Waals surface area contributed by atoms with Gasteiger partial charge in [0.25, 0.3) is 0 Å². The third-order valence-electron chi connectivity index (χ3n) is 2.66. The fraction of sp³-hybridized carbons (Fsp3) is 0.125. The molecule has 110 valence electrons. The van der Waals surface area contributed by atoms with E-state index >= 15 is 0 Å². The molecule has 0 aliphatic heterocycles. The van der Waals surface area contributed by atoms with Crippen LogP contribution in [0.4, 0.5) is 13.2 Å². The maximum atomic E-state index is 12.3. The maximum absolute atomic E-state index is 12.3. The molecule has 0 aliphatic carbocycles. The van der Waals surface area contributed by atoms with Crippen LogP contribution >= 0.6 is 11.8 Å². The van der Waals surface area contributed by atoms with Crippen LogP contribution in [-0.4, -0.2) is 5.51 Å². The van der Waals surface area contributed by atoms with Crippen LogP contribution < -0.4 is 4.74 Å². The lowest BCUT2D eigenvalue weighted by atomic mass is 10.2. The van der Waals surface area contributed by atoms with Crippen molar-refractivity contribution in [3.8, 4) is 5.75 Å². The molecule has 21 heavy (non-hydrogen) atoms. The number of thioether (sulfide) groups is 1. The van der Waals surface area contributed by atoms with Gasteiger partial charge < -0.3 is 4.74 Å². The van der Waals surface area contributed by atoms with Gasteiger partial charge in [-0.3, -0.25) is 0 Å². The van der Waals surface area contributed by atoms with Crippen LogP contribution in [0, 0.1) is 0 Å². The highest BCUT2D eigenvalue weighted by Gasteiger charge is 2.30. The van der Waals surface area contributed by atoms with Crippen molar-refractivity contribution in [1.82, 2.24) is 0 Å². The number of hydrogen-bond donors (Lipinski definition) is 0. The molecule has 0 fully saturated rings. The zero-order chi connectivity index (χ0) is 15.3. The molecule has 0 radical (unpaired) electrons. The first kappa shape index (κ1) is 15.5. The van der Waals surface area contributed by atoms with Crippen LogP contribution in [0.2, 0.25) is 0 Å². The largest absolute Gasteiger partial charge is 0.489 e. The first-order valence-electron chi connectivity index (χ1n) is 6.16. The lowest BCUT2D eigenvalue weighted by molar-refractivity contribution is -0.0317. The second kappa shape index (κ2) is 6.72. The SMILES string of the molecule is C=C(SC(F)(F)F)c1ccc(OCc2ccccc2)cc1. The summed E-state index contributed by atoms with van der Waals surface area (Å²) >= 11 is -0.209. The van der Waals surface area contributed by atoms with Crippen molar-refractivity contribution in [2.45, 2.75) is 12.1 Å². The Kier molecular flexibility index (Phi) is 4.96. The summed E-state index contributed by atoms with van der Waals surface area (Å²) < 4.78 is 42.3. The van der Waals surface area contributed by atoms with Gasteiger partial charge >= 0.3 is 5.51 Å². The highest BCUT2D eigenvalue weighted by atomic mass is 32.2. The Labute approximate surface area is 125 Å². The van der Waals surface area contributed by atoms with Crippen molar-refractivity contribution in [3.05, 3.63) is 72.3 Å². The van der Waals surface area contributed by atoms with Gasteiger partial charge in [-0.25, -0.2) is 0 Å². The molecule has 0 bridgehead atoms. The Morgan fingerprint density at radius 3 is 2.19 bits per heavy atom. The van der Waals surface area contributed by atoms with Gasteiger partial charge in [-0.1, -0.05) is 49.0 Å². The minimum absolute atomic E-state index is 0.0305. The lowest BCUT2D eigenvalue weighted by Crippen LogP contribution is -1.99. The van der Waals surface area contributed by atoms with E-state index in [4.69, 9.17) is 4.74 Å². The maximum Gasteiger partial charge on any atom is 0.446 e. The Morgan fingerprint density at radius 1 is 1.00 bits per heavy atom. The zero-order valence-electron chi connectivity index (χ0n) is 11.1. The molecule has 0 unspecified atom stereocenters. The molecule has 0 aliphatic rings. The Hall–Kier alpha value is -1.88. The van der Waals surface area contributed by atoms with Crippen LogP contribution in [-0.2, 0) is 6.61 Å². The molecule has 0 atom stereocenters. The highest BCUT2D eigenvalue weighted by Crippen LogP contribution is 2.40. The average Bonchev–Trinajstić information content (AvgIpc) is 2.45. The molecule has 0 heterocycles. The van der Waals surface area contributed by atoms with E-state index in [1.807, 2.05) is 30.3 Å². The molecule has 0 N–H and O–H groups in total. The number of hydrogen-bond acceptors (Lipinski definition) is 2. The third-order valence-corrected chi connectivity index (χ3v) is 3.38. The second-order valence-electron chi connectivity index (χ2n) is 4.27. The van der Waals surface area contributed by atoms with Gasteiger partial charge in [-0.15, -0.1) is 0 Å². The van der Waals surface area contributed by atoms with Gasteiger partial charge in [-0.05, 0) is 35.0 Å². The average molecular weight is 310 g/mol. The Morgan fingerprint density at radius 2 is 1.62 bits per heavy atom. The molecule has 0 aromatic heterocycles. The van der Waals surface area contributed by atoms with Crippen molar-refractivity contribution in [2.75, 3.05) is 0 Å².